The molecule has 0 saturated heterocycles. The lowest BCUT2D eigenvalue weighted by molar-refractivity contribution is 0.0506. The maximum Gasteiger partial charge on any atom is 0.408 e. The third-order valence-electron chi connectivity index (χ3n) is 5.20. The molecule has 1 amide bonds. The van der Waals surface area contributed by atoms with Crippen LogP contribution in [0.4, 0.5) is 4.79 Å². The Bertz CT molecular complexity index is 1360. The number of nitrogens with zero attached hydrogens (tertiary/aromatic N) is 1. The molecular weight excluding hydrogens is 428 g/mol. The van der Waals surface area contributed by atoms with Gasteiger partial charge in [-0.25, -0.2) is 4.79 Å². The molecule has 4 aromatic rings. The van der Waals surface area contributed by atoms with E-state index in [0.717, 1.165) is 5.39 Å². The first-order valence-corrected chi connectivity index (χ1v) is 11.2. The van der Waals surface area contributed by atoms with Crippen LogP contribution in [0.2, 0.25) is 0 Å². The molecule has 174 valence electrons. The average molecular weight is 457 g/mol. The van der Waals surface area contributed by atoms with Crippen molar-refractivity contribution < 1.29 is 14.3 Å². The molecule has 0 spiro atoms. The number of carbonyl (C=O) groups excluding carboxylic acids is 1. The van der Waals surface area contributed by atoms with Gasteiger partial charge in [-0.1, -0.05) is 48.5 Å². The van der Waals surface area contributed by atoms with Crippen LogP contribution >= 0.6 is 0 Å². The smallest absolute Gasteiger partial charge is 0.408 e. The summed E-state index contributed by atoms with van der Waals surface area (Å²) in [7, 11) is 0. The Kier molecular flexibility index (Phi) is 6.41. The predicted molar refractivity (Wildman–Crippen MR) is 134 cm³/mol. The summed E-state index contributed by atoms with van der Waals surface area (Å²) in [5.74, 6) is 1.11. The first-order valence-electron chi connectivity index (χ1n) is 11.2. The summed E-state index contributed by atoms with van der Waals surface area (Å²) in [6, 6.07) is 25.6. The van der Waals surface area contributed by atoms with Crippen LogP contribution in [0.1, 0.15) is 39.4 Å². The molecular formula is C28H28N2O4. The monoisotopic (exact) mass is 456 g/mol. The van der Waals surface area contributed by atoms with E-state index in [-0.39, 0.29) is 5.56 Å². The van der Waals surface area contributed by atoms with Gasteiger partial charge in [0.25, 0.3) is 5.56 Å². The standard InChI is InChI=1S/C28H28N2O4/c1-19(29-27(32)34-28(2,3)4)23-18-20-12-11-17-24(33-22-15-9-6-10-16-22)25(20)26(31)30(23)21-13-7-5-8-14-21/h5-19H,1-4H3,(H,29,32)/t19-/m0/s1. The number of hydrogen-bond acceptors (Lipinski definition) is 4. The predicted octanol–water partition coefficient (Wildman–Crippen LogP) is 6.37. The van der Waals surface area contributed by atoms with E-state index < -0.39 is 17.7 Å². The average Bonchev–Trinajstić information content (AvgIpc) is 2.79. The highest BCUT2D eigenvalue weighted by Crippen LogP contribution is 2.30. The second-order valence-corrected chi connectivity index (χ2v) is 9.05. The number of pyridine rings is 1. The van der Waals surface area contributed by atoms with E-state index in [1.54, 1.807) is 31.4 Å². The Labute approximate surface area is 198 Å². The van der Waals surface area contributed by atoms with Gasteiger partial charge in [-0.15, -0.1) is 0 Å². The quantitative estimate of drug-likeness (QED) is 0.379. The topological polar surface area (TPSA) is 69.6 Å². The molecule has 1 N–H and O–H groups in total. The first kappa shape index (κ1) is 23.1. The Balaban J connectivity index is 1.86. The lowest BCUT2D eigenvalue weighted by Gasteiger charge is -2.24. The van der Waals surface area contributed by atoms with Crippen LogP contribution in [0.5, 0.6) is 11.5 Å². The molecule has 6 nitrogen and oxygen atoms in total. The van der Waals surface area contributed by atoms with Crippen LogP contribution in [-0.4, -0.2) is 16.3 Å². The van der Waals surface area contributed by atoms with E-state index in [0.29, 0.717) is 28.3 Å². The van der Waals surface area contributed by atoms with Crippen molar-refractivity contribution in [2.75, 3.05) is 0 Å². The second-order valence-electron chi connectivity index (χ2n) is 9.05. The van der Waals surface area contributed by atoms with Gasteiger partial charge in [0.15, 0.2) is 0 Å². The fourth-order valence-corrected chi connectivity index (χ4v) is 3.77. The number of ether oxygens (including phenoxy) is 2. The minimum absolute atomic E-state index is 0.233. The third-order valence-corrected chi connectivity index (χ3v) is 5.20. The number of aromatic nitrogens is 1. The zero-order chi connectivity index (χ0) is 24.3. The molecule has 0 radical (unpaired) electrons. The molecule has 0 aliphatic heterocycles. The van der Waals surface area contributed by atoms with E-state index in [4.69, 9.17) is 9.47 Å². The van der Waals surface area contributed by atoms with Crippen LogP contribution < -0.4 is 15.6 Å². The first-order chi connectivity index (χ1) is 16.2. The molecule has 0 aliphatic rings. The van der Waals surface area contributed by atoms with Crippen LogP contribution in [0.15, 0.2) is 89.7 Å². The summed E-state index contributed by atoms with van der Waals surface area (Å²) in [5, 5.41) is 4.04. The number of alkyl carbamates (subject to hydrolysis) is 1. The minimum Gasteiger partial charge on any atom is -0.457 e. The normalized spacial score (nSPS) is 12.2. The van der Waals surface area contributed by atoms with Gasteiger partial charge in [0, 0.05) is 11.4 Å². The zero-order valence-corrected chi connectivity index (χ0v) is 19.7. The summed E-state index contributed by atoms with van der Waals surface area (Å²) >= 11 is 0. The number of carbonyl (C=O) groups is 1. The maximum absolute atomic E-state index is 13.9. The summed E-state index contributed by atoms with van der Waals surface area (Å²) in [6.07, 6.45) is -0.548. The van der Waals surface area contributed by atoms with Gasteiger partial charge in [-0.2, -0.15) is 0 Å². The van der Waals surface area contributed by atoms with Crippen molar-refractivity contribution in [3.8, 4) is 17.2 Å². The highest BCUT2D eigenvalue weighted by molar-refractivity contribution is 5.88. The number of benzene rings is 3. The molecule has 1 aromatic heterocycles. The van der Waals surface area contributed by atoms with E-state index >= 15 is 0 Å². The third kappa shape index (κ3) is 5.12. The fraction of sp³-hybridized carbons (Fsp3) is 0.214. The van der Waals surface area contributed by atoms with Crippen LogP contribution in [0.3, 0.4) is 0 Å². The number of nitrogens with one attached hydrogen (secondary N) is 1. The van der Waals surface area contributed by atoms with Crippen LogP contribution in [-0.2, 0) is 4.74 Å². The molecule has 0 unspecified atom stereocenters. The van der Waals surface area contributed by atoms with Gasteiger partial charge < -0.3 is 14.8 Å². The van der Waals surface area contributed by atoms with Crippen molar-refractivity contribution >= 4 is 16.9 Å². The molecule has 34 heavy (non-hydrogen) atoms. The molecule has 0 bridgehead atoms. The van der Waals surface area contributed by atoms with Crippen LogP contribution in [0.25, 0.3) is 16.5 Å². The highest BCUT2D eigenvalue weighted by Gasteiger charge is 2.22. The van der Waals surface area contributed by atoms with Crippen molar-refractivity contribution in [1.29, 1.82) is 0 Å². The molecule has 6 heteroatoms. The van der Waals surface area contributed by atoms with Crippen molar-refractivity contribution in [3.63, 3.8) is 0 Å². The molecule has 1 heterocycles. The van der Waals surface area contributed by atoms with Crippen molar-refractivity contribution in [3.05, 3.63) is 101 Å². The fourth-order valence-electron chi connectivity index (χ4n) is 3.77. The van der Waals surface area contributed by atoms with Crippen molar-refractivity contribution in [2.45, 2.75) is 39.3 Å². The van der Waals surface area contributed by atoms with Crippen LogP contribution in [0, 0.1) is 0 Å². The van der Waals surface area contributed by atoms with E-state index in [2.05, 4.69) is 5.32 Å². The minimum atomic E-state index is -0.629. The SMILES string of the molecule is C[C@H](NC(=O)OC(C)(C)C)c1cc2cccc(Oc3ccccc3)c2c(=O)n1-c1ccccc1. The molecule has 0 aliphatic carbocycles. The maximum atomic E-state index is 13.9. The Morgan fingerprint density at radius 3 is 2.21 bits per heavy atom. The largest absolute Gasteiger partial charge is 0.457 e. The molecule has 3 aromatic carbocycles. The van der Waals surface area contributed by atoms with Crippen molar-refractivity contribution in [1.82, 2.24) is 9.88 Å². The summed E-state index contributed by atoms with van der Waals surface area (Å²) in [5.41, 5.74) is 0.460. The number of amides is 1. The van der Waals surface area contributed by atoms with E-state index in [1.165, 1.54) is 0 Å². The molecule has 0 fully saturated rings. The lowest BCUT2D eigenvalue weighted by atomic mass is 10.1. The summed E-state index contributed by atoms with van der Waals surface area (Å²) in [4.78, 5) is 26.4. The number of hydrogen-bond donors (Lipinski definition) is 1. The number of fused-ring (bicyclic) bond motifs is 1. The molecule has 0 saturated carbocycles. The zero-order valence-electron chi connectivity index (χ0n) is 19.7. The number of para-hydroxylation sites is 2. The Hall–Kier alpha value is -4.06. The van der Waals surface area contributed by atoms with Gasteiger partial charge in [-0.05, 0) is 69.5 Å². The summed E-state index contributed by atoms with van der Waals surface area (Å²) < 4.78 is 13.1. The van der Waals surface area contributed by atoms with Gasteiger partial charge in [0.1, 0.15) is 17.1 Å². The Morgan fingerprint density at radius 2 is 1.56 bits per heavy atom. The number of rotatable bonds is 5. The highest BCUT2D eigenvalue weighted by atomic mass is 16.6. The van der Waals surface area contributed by atoms with E-state index in [9.17, 15) is 9.59 Å². The lowest BCUT2D eigenvalue weighted by Crippen LogP contribution is -2.36. The Morgan fingerprint density at radius 1 is 0.912 bits per heavy atom. The molecule has 4 rings (SSSR count). The van der Waals surface area contributed by atoms with Crippen molar-refractivity contribution in [2.24, 2.45) is 0 Å². The van der Waals surface area contributed by atoms with Gasteiger partial charge in [0.05, 0.1) is 11.4 Å². The summed E-state index contributed by atoms with van der Waals surface area (Å²) in [6.45, 7) is 7.25. The van der Waals surface area contributed by atoms with Gasteiger partial charge in [-0.3, -0.25) is 9.36 Å². The van der Waals surface area contributed by atoms with Gasteiger partial charge >= 0.3 is 6.09 Å². The van der Waals surface area contributed by atoms with E-state index in [1.807, 2.05) is 85.8 Å². The van der Waals surface area contributed by atoms with Gasteiger partial charge in [0.2, 0.25) is 0 Å². The molecule has 1 atom stereocenters. The second kappa shape index (κ2) is 9.43.